The lowest BCUT2D eigenvalue weighted by Crippen LogP contribution is -2.15. The molecular formula is C40H31NS. The zero-order chi connectivity index (χ0) is 28.4. The molecule has 1 aliphatic rings. The highest BCUT2D eigenvalue weighted by Gasteiger charge is 2.37. The molecule has 0 atom stereocenters. The average molecular weight is 558 g/mol. The molecule has 0 spiro atoms. The van der Waals surface area contributed by atoms with Crippen LogP contribution in [0.1, 0.15) is 30.5 Å². The van der Waals surface area contributed by atoms with Crippen molar-refractivity contribution in [1.29, 1.82) is 0 Å². The van der Waals surface area contributed by atoms with Gasteiger partial charge >= 0.3 is 0 Å². The fourth-order valence-electron chi connectivity index (χ4n) is 7.00. The summed E-state index contributed by atoms with van der Waals surface area (Å²) in [6, 6.07) is 48.8. The van der Waals surface area contributed by atoms with Crippen LogP contribution in [0.4, 0.5) is 17.1 Å². The summed E-state index contributed by atoms with van der Waals surface area (Å²) in [6.07, 6.45) is 0. The number of aryl methyl sites for hydroxylation is 1. The minimum atomic E-state index is -0.0342. The summed E-state index contributed by atoms with van der Waals surface area (Å²) >= 11 is 1.92. The van der Waals surface area contributed by atoms with Crippen molar-refractivity contribution in [3.8, 4) is 22.3 Å². The third-order valence-corrected chi connectivity index (χ3v) is 10.2. The molecule has 1 nitrogen and oxygen atoms in total. The zero-order valence-corrected chi connectivity index (χ0v) is 24.9. The van der Waals surface area contributed by atoms with Gasteiger partial charge in [-0.15, -0.1) is 11.3 Å². The predicted molar refractivity (Wildman–Crippen MR) is 182 cm³/mol. The summed E-state index contributed by atoms with van der Waals surface area (Å²) in [6.45, 7) is 6.95. The maximum atomic E-state index is 2.39. The van der Waals surface area contributed by atoms with Crippen LogP contribution in [0.15, 0.2) is 133 Å². The van der Waals surface area contributed by atoms with Gasteiger partial charge in [-0.3, -0.25) is 0 Å². The van der Waals surface area contributed by atoms with Gasteiger partial charge in [-0.25, -0.2) is 0 Å². The van der Waals surface area contributed by atoms with Gasteiger partial charge in [0.2, 0.25) is 0 Å². The summed E-state index contributed by atoms with van der Waals surface area (Å²) in [4.78, 5) is 2.35. The first-order chi connectivity index (χ1) is 20.5. The smallest absolute Gasteiger partial charge is 0.0490 e. The molecular weight excluding hydrogens is 527 g/mol. The molecule has 0 saturated heterocycles. The topological polar surface area (TPSA) is 3.24 Å². The van der Waals surface area contributed by atoms with E-state index in [0.717, 1.165) is 11.4 Å². The largest absolute Gasteiger partial charge is 0.310 e. The van der Waals surface area contributed by atoms with Crippen LogP contribution in [0.5, 0.6) is 0 Å². The molecule has 8 rings (SSSR count). The van der Waals surface area contributed by atoms with E-state index in [2.05, 4.69) is 159 Å². The van der Waals surface area contributed by atoms with Crippen molar-refractivity contribution >= 4 is 48.6 Å². The standard InChI is InChI=1S/C40H31NS/c1-26-12-7-10-19-35(26)41(28-13-5-4-6-14-28)29-22-20-27(21-23-29)30-16-11-17-33-37-36(42-39(30)33)25-24-32-31-15-8-9-18-34(31)40(2,3)38(32)37/h4-25H,1-3H3. The third kappa shape index (κ3) is 3.69. The molecule has 0 fully saturated rings. The van der Waals surface area contributed by atoms with E-state index in [9.17, 15) is 0 Å². The van der Waals surface area contributed by atoms with Crippen LogP contribution in [-0.2, 0) is 5.41 Å². The molecule has 0 amide bonds. The highest BCUT2D eigenvalue weighted by molar-refractivity contribution is 7.26. The molecule has 1 aliphatic carbocycles. The summed E-state index contributed by atoms with van der Waals surface area (Å²) in [5, 5.41) is 2.78. The van der Waals surface area contributed by atoms with Gasteiger partial charge in [-0.05, 0) is 82.3 Å². The van der Waals surface area contributed by atoms with Crippen molar-refractivity contribution in [2.75, 3.05) is 4.90 Å². The number of rotatable bonds is 4. The fraction of sp³-hybridized carbons (Fsp3) is 0.100. The quantitative estimate of drug-likeness (QED) is 0.208. The first-order valence-electron chi connectivity index (χ1n) is 14.6. The second kappa shape index (κ2) is 9.44. The highest BCUT2D eigenvalue weighted by atomic mass is 32.1. The Kier molecular flexibility index (Phi) is 5.64. The van der Waals surface area contributed by atoms with Crippen LogP contribution in [0.2, 0.25) is 0 Å². The molecule has 1 heterocycles. The second-order valence-corrected chi connectivity index (χ2v) is 12.9. The molecule has 6 aromatic carbocycles. The second-order valence-electron chi connectivity index (χ2n) is 11.8. The Morgan fingerprint density at radius 2 is 1.26 bits per heavy atom. The first kappa shape index (κ1) is 25.1. The fourth-order valence-corrected chi connectivity index (χ4v) is 8.24. The molecule has 202 valence electrons. The molecule has 1 aromatic heterocycles. The Hall–Kier alpha value is -4.66. The predicted octanol–water partition coefficient (Wildman–Crippen LogP) is 11.8. The van der Waals surface area contributed by atoms with E-state index in [1.807, 2.05) is 11.3 Å². The SMILES string of the molecule is Cc1ccccc1N(c1ccccc1)c1ccc(-c2cccc3c2sc2ccc4c(c23)C(C)(C)c2ccccc2-4)cc1. The van der Waals surface area contributed by atoms with E-state index in [-0.39, 0.29) is 5.41 Å². The summed E-state index contributed by atoms with van der Waals surface area (Å²) in [7, 11) is 0. The summed E-state index contributed by atoms with van der Waals surface area (Å²) < 4.78 is 2.72. The van der Waals surface area contributed by atoms with Crippen molar-refractivity contribution in [2.24, 2.45) is 0 Å². The Morgan fingerprint density at radius 3 is 2.07 bits per heavy atom. The van der Waals surface area contributed by atoms with Crippen molar-refractivity contribution in [3.63, 3.8) is 0 Å². The van der Waals surface area contributed by atoms with E-state index in [0.29, 0.717) is 0 Å². The minimum Gasteiger partial charge on any atom is -0.310 e. The Bertz CT molecular complexity index is 2120. The van der Waals surface area contributed by atoms with Crippen LogP contribution < -0.4 is 4.90 Å². The van der Waals surface area contributed by atoms with Gasteiger partial charge in [0.25, 0.3) is 0 Å². The molecule has 0 radical (unpaired) electrons. The van der Waals surface area contributed by atoms with E-state index in [1.54, 1.807) is 0 Å². The summed E-state index contributed by atoms with van der Waals surface area (Å²) in [5.74, 6) is 0. The average Bonchev–Trinajstić information content (AvgIpc) is 3.51. The number of benzene rings is 6. The van der Waals surface area contributed by atoms with Crippen LogP contribution in [0.3, 0.4) is 0 Å². The number of hydrogen-bond acceptors (Lipinski definition) is 2. The Morgan fingerprint density at radius 1 is 0.571 bits per heavy atom. The van der Waals surface area contributed by atoms with Crippen LogP contribution in [-0.4, -0.2) is 0 Å². The van der Waals surface area contributed by atoms with Gasteiger partial charge < -0.3 is 4.90 Å². The lowest BCUT2D eigenvalue weighted by Gasteiger charge is -2.27. The number of anilines is 3. The van der Waals surface area contributed by atoms with E-state index >= 15 is 0 Å². The number of hydrogen-bond donors (Lipinski definition) is 0. The molecule has 0 aliphatic heterocycles. The Labute approximate surface area is 251 Å². The molecule has 0 N–H and O–H groups in total. The van der Waals surface area contributed by atoms with Gasteiger partial charge in [-0.2, -0.15) is 0 Å². The Balaban J connectivity index is 1.27. The number of para-hydroxylation sites is 2. The lowest BCUT2D eigenvalue weighted by atomic mass is 9.80. The molecule has 0 saturated carbocycles. The van der Waals surface area contributed by atoms with Gasteiger partial charge in [-0.1, -0.05) is 111 Å². The van der Waals surface area contributed by atoms with E-state index in [4.69, 9.17) is 0 Å². The maximum Gasteiger partial charge on any atom is 0.0490 e. The van der Waals surface area contributed by atoms with Crippen LogP contribution in [0, 0.1) is 6.92 Å². The zero-order valence-electron chi connectivity index (χ0n) is 24.1. The van der Waals surface area contributed by atoms with Crippen molar-refractivity contribution in [2.45, 2.75) is 26.2 Å². The number of thiophene rings is 1. The monoisotopic (exact) mass is 557 g/mol. The normalized spacial score (nSPS) is 13.3. The summed E-state index contributed by atoms with van der Waals surface area (Å²) in [5.41, 5.74) is 12.9. The van der Waals surface area contributed by atoms with Crippen molar-refractivity contribution < 1.29 is 0 Å². The van der Waals surface area contributed by atoms with E-state index < -0.39 is 0 Å². The maximum absolute atomic E-state index is 2.39. The van der Waals surface area contributed by atoms with Gasteiger partial charge in [0, 0.05) is 42.6 Å². The third-order valence-electron chi connectivity index (χ3n) is 8.99. The number of fused-ring (bicyclic) bond motifs is 7. The van der Waals surface area contributed by atoms with Gasteiger partial charge in [0.1, 0.15) is 0 Å². The van der Waals surface area contributed by atoms with Crippen LogP contribution in [0.25, 0.3) is 42.4 Å². The molecule has 0 unspecified atom stereocenters. The molecule has 7 aromatic rings. The first-order valence-corrected chi connectivity index (χ1v) is 15.4. The van der Waals surface area contributed by atoms with Gasteiger partial charge in [0.15, 0.2) is 0 Å². The van der Waals surface area contributed by atoms with Crippen molar-refractivity contribution in [3.05, 3.63) is 150 Å². The molecule has 42 heavy (non-hydrogen) atoms. The molecule has 0 bridgehead atoms. The number of nitrogens with zero attached hydrogens (tertiary/aromatic N) is 1. The van der Waals surface area contributed by atoms with Crippen molar-refractivity contribution in [1.82, 2.24) is 0 Å². The minimum absolute atomic E-state index is 0.0342. The van der Waals surface area contributed by atoms with Crippen LogP contribution >= 0.6 is 11.3 Å². The molecule has 2 heteroatoms. The van der Waals surface area contributed by atoms with E-state index in [1.165, 1.54) is 64.8 Å². The van der Waals surface area contributed by atoms with Gasteiger partial charge in [0.05, 0.1) is 0 Å². The highest BCUT2D eigenvalue weighted by Crippen LogP contribution is 2.54. The lowest BCUT2D eigenvalue weighted by molar-refractivity contribution is 0.667.